The van der Waals surface area contributed by atoms with E-state index in [1.54, 1.807) is 24.3 Å². The van der Waals surface area contributed by atoms with E-state index in [1.165, 1.54) is 4.74 Å². The van der Waals surface area contributed by atoms with E-state index in [0.717, 1.165) is 4.57 Å². The Morgan fingerprint density at radius 2 is 2.00 bits per heavy atom. The van der Waals surface area contributed by atoms with Gasteiger partial charge in [0.1, 0.15) is 0 Å². The van der Waals surface area contributed by atoms with Crippen molar-refractivity contribution in [3.05, 3.63) is 45.5 Å². The molecule has 0 fully saturated rings. The first-order chi connectivity index (χ1) is 8.02. The fourth-order valence-corrected chi connectivity index (χ4v) is 1.77. The van der Waals surface area contributed by atoms with Crippen molar-refractivity contribution in [2.24, 2.45) is 0 Å². The predicted octanol–water partition coefficient (Wildman–Crippen LogP) is 1.95. The zero-order valence-electron chi connectivity index (χ0n) is 9.48. The van der Waals surface area contributed by atoms with Gasteiger partial charge in [0.05, 0.1) is 16.8 Å². The van der Waals surface area contributed by atoms with Crippen molar-refractivity contribution >= 4 is 11.6 Å². The van der Waals surface area contributed by atoms with Gasteiger partial charge in [0, 0.05) is 0 Å². The third-order valence-electron chi connectivity index (χ3n) is 2.34. The number of para-hydroxylation sites is 1. The van der Waals surface area contributed by atoms with Crippen LogP contribution >= 0.6 is 11.6 Å². The SMILES string of the molecule is CC(C)n1oc(=O)n(-c2ccccc2Cl)c1=N. The maximum absolute atomic E-state index is 11.7. The van der Waals surface area contributed by atoms with E-state index in [2.05, 4.69) is 0 Å². The van der Waals surface area contributed by atoms with Gasteiger partial charge in [0.15, 0.2) is 0 Å². The molecule has 0 aliphatic carbocycles. The average molecular weight is 254 g/mol. The van der Waals surface area contributed by atoms with E-state index >= 15 is 0 Å². The van der Waals surface area contributed by atoms with Gasteiger partial charge in [0.2, 0.25) is 5.62 Å². The number of hydrogen-bond donors (Lipinski definition) is 1. The summed E-state index contributed by atoms with van der Waals surface area (Å²) in [5, 5.41) is 8.31. The Bertz CT molecular complexity index is 651. The molecular formula is C11H12ClN3O2. The summed E-state index contributed by atoms with van der Waals surface area (Å²) in [4.78, 5) is 11.7. The maximum Gasteiger partial charge on any atom is 0.446 e. The number of nitrogens with zero attached hydrogens (tertiary/aromatic N) is 2. The molecule has 17 heavy (non-hydrogen) atoms. The lowest BCUT2D eigenvalue weighted by atomic mass is 10.3. The standard InChI is InChI=1S/C11H12ClN3O2/c1-7(2)15-10(13)14(11(16)17-15)9-6-4-3-5-8(9)12/h3-7,13H,1-2H3. The summed E-state index contributed by atoms with van der Waals surface area (Å²) in [7, 11) is 0. The number of nitrogens with one attached hydrogen (secondary N) is 1. The molecule has 0 spiro atoms. The monoisotopic (exact) mass is 253 g/mol. The highest BCUT2D eigenvalue weighted by molar-refractivity contribution is 6.32. The lowest BCUT2D eigenvalue weighted by Gasteiger charge is -2.03. The Morgan fingerprint density at radius 3 is 2.53 bits per heavy atom. The average Bonchev–Trinajstić information content (AvgIpc) is 2.56. The number of hydrogen-bond acceptors (Lipinski definition) is 3. The molecular weight excluding hydrogens is 242 g/mol. The van der Waals surface area contributed by atoms with Crippen molar-refractivity contribution in [3.63, 3.8) is 0 Å². The zero-order valence-corrected chi connectivity index (χ0v) is 10.2. The van der Waals surface area contributed by atoms with Crippen LogP contribution in [0.1, 0.15) is 19.9 Å². The predicted molar refractivity (Wildman–Crippen MR) is 63.5 cm³/mol. The summed E-state index contributed by atoms with van der Waals surface area (Å²) >= 11 is 6.00. The van der Waals surface area contributed by atoms with Crippen LogP contribution in [-0.2, 0) is 0 Å². The lowest BCUT2D eigenvalue weighted by molar-refractivity contribution is 0.212. The first-order valence-corrected chi connectivity index (χ1v) is 5.54. The second kappa shape index (κ2) is 4.25. The normalized spacial score (nSPS) is 11.1. The van der Waals surface area contributed by atoms with Crippen LogP contribution in [0.2, 0.25) is 5.02 Å². The fourth-order valence-electron chi connectivity index (χ4n) is 1.55. The Balaban J connectivity index is 2.74. The van der Waals surface area contributed by atoms with Gasteiger partial charge in [-0.1, -0.05) is 23.7 Å². The molecule has 90 valence electrons. The second-order valence-electron chi connectivity index (χ2n) is 3.89. The van der Waals surface area contributed by atoms with E-state index < -0.39 is 5.76 Å². The minimum atomic E-state index is -0.614. The molecule has 1 heterocycles. The Labute approximate surface area is 102 Å². The van der Waals surface area contributed by atoms with Crippen LogP contribution < -0.4 is 11.4 Å². The number of halogens is 1. The summed E-state index contributed by atoms with van der Waals surface area (Å²) < 4.78 is 7.38. The van der Waals surface area contributed by atoms with Gasteiger partial charge in [-0.25, -0.2) is 9.36 Å². The third kappa shape index (κ3) is 1.93. The molecule has 1 aromatic carbocycles. The van der Waals surface area contributed by atoms with E-state index in [-0.39, 0.29) is 11.7 Å². The number of aromatic nitrogens is 2. The molecule has 2 rings (SSSR count). The number of rotatable bonds is 2. The zero-order chi connectivity index (χ0) is 12.6. The first kappa shape index (κ1) is 11.7. The van der Waals surface area contributed by atoms with Crippen molar-refractivity contribution in [2.75, 3.05) is 0 Å². The summed E-state index contributed by atoms with van der Waals surface area (Å²) in [5.74, 6) is -0.614. The van der Waals surface area contributed by atoms with Gasteiger partial charge >= 0.3 is 5.76 Å². The summed E-state index contributed by atoms with van der Waals surface area (Å²) in [6.45, 7) is 3.66. The Morgan fingerprint density at radius 1 is 1.35 bits per heavy atom. The Hall–Kier alpha value is -1.75. The molecule has 0 saturated carbocycles. The number of benzene rings is 1. The van der Waals surface area contributed by atoms with Crippen LogP contribution in [0.4, 0.5) is 0 Å². The molecule has 0 bridgehead atoms. The summed E-state index contributed by atoms with van der Waals surface area (Å²) in [6, 6.07) is 6.74. The molecule has 0 atom stereocenters. The van der Waals surface area contributed by atoms with Gasteiger partial charge in [-0.05, 0) is 26.0 Å². The molecule has 1 N–H and O–H groups in total. The molecule has 1 aromatic heterocycles. The van der Waals surface area contributed by atoms with Crippen LogP contribution in [0.3, 0.4) is 0 Å². The van der Waals surface area contributed by atoms with Crippen molar-refractivity contribution in [1.29, 1.82) is 5.41 Å². The second-order valence-corrected chi connectivity index (χ2v) is 4.29. The molecule has 5 nitrogen and oxygen atoms in total. The van der Waals surface area contributed by atoms with Crippen molar-refractivity contribution in [2.45, 2.75) is 19.9 Å². The Kier molecular flexibility index (Phi) is 2.93. The molecule has 2 aromatic rings. The van der Waals surface area contributed by atoms with Crippen LogP contribution in [-0.4, -0.2) is 9.31 Å². The molecule has 0 unspecified atom stereocenters. The molecule has 0 saturated heterocycles. The van der Waals surface area contributed by atoms with Crippen molar-refractivity contribution in [1.82, 2.24) is 9.31 Å². The third-order valence-corrected chi connectivity index (χ3v) is 2.66. The van der Waals surface area contributed by atoms with Crippen LogP contribution in [0, 0.1) is 5.41 Å². The molecule has 0 aliphatic rings. The van der Waals surface area contributed by atoms with Gasteiger partial charge in [-0.2, -0.15) is 4.74 Å². The van der Waals surface area contributed by atoms with Gasteiger partial charge in [-0.3, -0.25) is 5.41 Å². The highest BCUT2D eigenvalue weighted by Gasteiger charge is 2.14. The van der Waals surface area contributed by atoms with Gasteiger partial charge < -0.3 is 4.52 Å². The van der Waals surface area contributed by atoms with Gasteiger partial charge in [0.25, 0.3) is 0 Å². The first-order valence-electron chi connectivity index (χ1n) is 5.16. The van der Waals surface area contributed by atoms with E-state index in [9.17, 15) is 4.79 Å². The summed E-state index contributed by atoms with van der Waals surface area (Å²) in [6.07, 6.45) is 0. The topological polar surface area (TPSA) is 63.9 Å². The quantitative estimate of drug-likeness (QED) is 0.889. The smallest absolute Gasteiger partial charge is 0.318 e. The van der Waals surface area contributed by atoms with Crippen molar-refractivity contribution < 1.29 is 4.52 Å². The lowest BCUT2D eigenvalue weighted by Crippen LogP contribution is -2.28. The van der Waals surface area contributed by atoms with Crippen LogP contribution in [0.25, 0.3) is 5.69 Å². The fraction of sp³-hybridized carbons (Fsp3) is 0.273. The van der Waals surface area contributed by atoms with E-state index in [4.69, 9.17) is 21.5 Å². The van der Waals surface area contributed by atoms with E-state index in [1.807, 2.05) is 13.8 Å². The molecule has 0 radical (unpaired) electrons. The minimum Gasteiger partial charge on any atom is -0.318 e. The van der Waals surface area contributed by atoms with Crippen LogP contribution in [0.15, 0.2) is 33.6 Å². The van der Waals surface area contributed by atoms with Gasteiger partial charge in [-0.15, -0.1) is 0 Å². The van der Waals surface area contributed by atoms with Crippen LogP contribution in [0.5, 0.6) is 0 Å². The summed E-state index contributed by atoms with van der Waals surface area (Å²) in [5.41, 5.74) is 0.422. The molecule has 0 aliphatic heterocycles. The highest BCUT2D eigenvalue weighted by atomic mass is 35.5. The minimum absolute atomic E-state index is 0.0295. The van der Waals surface area contributed by atoms with E-state index in [0.29, 0.717) is 10.7 Å². The van der Waals surface area contributed by atoms with Crippen molar-refractivity contribution in [3.8, 4) is 5.69 Å². The molecule has 0 amide bonds. The largest absolute Gasteiger partial charge is 0.446 e. The highest BCUT2D eigenvalue weighted by Crippen LogP contribution is 2.16. The maximum atomic E-state index is 11.7. The molecule has 6 heteroatoms.